The van der Waals surface area contributed by atoms with Crippen molar-refractivity contribution in [1.82, 2.24) is 29.6 Å². The molecule has 4 aromatic rings. The molecule has 3 heterocycles. The molecule has 0 unspecified atom stereocenters. The molecule has 12 nitrogen and oxygen atoms in total. The topological polar surface area (TPSA) is 150 Å². The van der Waals surface area contributed by atoms with Gasteiger partial charge in [-0.2, -0.15) is 23.1 Å². The van der Waals surface area contributed by atoms with E-state index in [-0.39, 0.29) is 37.5 Å². The third-order valence-electron chi connectivity index (χ3n) is 4.95. The number of nitrogens with one attached hydrogen (secondary N) is 2. The summed E-state index contributed by atoms with van der Waals surface area (Å²) in [6.07, 6.45) is 5.79. The highest BCUT2D eigenvalue weighted by molar-refractivity contribution is 7.90. The molecule has 3 aromatic heterocycles. The lowest BCUT2D eigenvalue weighted by atomic mass is 10.1. The van der Waals surface area contributed by atoms with Gasteiger partial charge in [-0.1, -0.05) is 35.9 Å². The van der Waals surface area contributed by atoms with Crippen LogP contribution >= 0.6 is 0 Å². The van der Waals surface area contributed by atoms with Crippen molar-refractivity contribution in [3.05, 3.63) is 78.6 Å². The van der Waals surface area contributed by atoms with Gasteiger partial charge in [0.25, 0.3) is 0 Å². The molecule has 0 fully saturated rings. The van der Waals surface area contributed by atoms with E-state index < -0.39 is 10.2 Å². The molecule has 0 saturated heterocycles. The zero-order valence-electron chi connectivity index (χ0n) is 20.2. The highest BCUT2D eigenvalue weighted by Gasteiger charge is 2.20. The van der Waals surface area contributed by atoms with Crippen molar-refractivity contribution in [1.29, 1.82) is 0 Å². The predicted molar refractivity (Wildman–Crippen MR) is 135 cm³/mol. The maximum atomic E-state index is 12.8. The number of aromatic nitrogens is 5. The van der Waals surface area contributed by atoms with Crippen LogP contribution in [0.3, 0.4) is 0 Å². The number of rotatable bonds is 12. The summed E-state index contributed by atoms with van der Waals surface area (Å²) >= 11 is 0. The van der Waals surface area contributed by atoms with Crippen LogP contribution in [0.15, 0.2) is 67.4 Å². The fourth-order valence-electron chi connectivity index (χ4n) is 3.13. The number of nitrogens with zero attached hydrogens (tertiary/aromatic N) is 5. The van der Waals surface area contributed by atoms with Gasteiger partial charge in [0.05, 0.1) is 37.3 Å². The number of hydrogen-bond acceptors (Lipinski definition) is 10. The molecule has 192 valence electrons. The lowest BCUT2D eigenvalue weighted by Gasteiger charge is -2.16. The van der Waals surface area contributed by atoms with Crippen molar-refractivity contribution in [3.63, 3.8) is 0 Å². The van der Waals surface area contributed by atoms with Crippen LogP contribution in [0.5, 0.6) is 17.6 Å². The van der Waals surface area contributed by atoms with Gasteiger partial charge in [-0.15, -0.1) is 0 Å². The average molecular weight is 524 g/mol. The van der Waals surface area contributed by atoms with E-state index in [4.69, 9.17) is 14.2 Å². The van der Waals surface area contributed by atoms with Crippen LogP contribution in [-0.2, 0) is 16.8 Å². The van der Waals surface area contributed by atoms with E-state index in [1.807, 2.05) is 31.2 Å². The van der Waals surface area contributed by atoms with Crippen LogP contribution in [0, 0.1) is 6.92 Å². The molecular weight excluding hydrogens is 498 g/mol. The highest BCUT2D eigenvalue weighted by atomic mass is 32.2. The molecule has 1 aromatic carbocycles. The first-order chi connectivity index (χ1) is 17.9. The Bertz CT molecular complexity index is 1400. The van der Waals surface area contributed by atoms with Crippen molar-refractivity contribution in [3.8, 4) is 28.8 Å². The van der Waals surface area contributed by atoms with E-state index in [1.54, 1.807) is 24.4 Å². The Balaban J connectivity index is 1.50. The number of hydrogen-bond donors (Lipinski definition) is 2. The second-order valence-corrected chi connectivity index (χ2v) is 9.12. The summed E-state index contributed by atoms with van der Waals surface area (Å²) < 4.78 is 46.9. The molecule has 4 rings (SSSR count). The summed E-state index contributed by atoms with van der Waals surface area (Å²) in [5.74, 6) is 0.749. The smallest absolute Gasteiger partial charge is 0.316 e. The monoisotopic (exact) mass is 523 g/mol. The van der Waals surface area contributed by atoms with E-state index in [1.165, 1.54) is 25.8 Å². The highest BCUT2D eigenvalue weighted by Crippen LogP contribution is 2.34. The van der Waals surface area contributed by atoms with Gasteiger partial charge >= 0.3 is 16.2 Å². The van der Waals surface area contributed by atoms with Gasteiger partial charge in [0.15, 0.2) is 11.6 Å². The first kappa shape index (κ1) is 25.7. The molecule has 0 bridgehead atoms. The third-order valence-corrected chi connectivity index (χ3v) is 5.93. The molecular formula is C24H25N7O5S. The number of pyridine rings is 1. The van der Waals surface area contributed by atoms with Crippen LogP contribution < -0.4 is 23.7 Å². The Morgan fingerprint density at radius 3 is 2.35 bits per heavy atom. The van der Waals surface area contributed by atoms with E-state index in [0.29, 0.717) is 22.6 Å². The van der Waals surface area contributed by atoms with Crippen LogP contribution in [0.4, 0.5) is 5.82 Å². The SMILES string of the molecule is COc1cnc(OCCOc2ncnc(NS(=O)(=O)NCc3ccccn3)c2-c2ccc(C)cc2)nc1. The largest absolute Gasteiger partial charge is 0.494 e. The third kappa shape index (κ3) is 7.32. The van der Waals surface area contributed by atoms with E-state index in [2.05, 4.69) is 34.4 Å². The van der Waals surface area contributed by atoms with E-state index >= 15 is 0 Å². The summed E-state index contributed by atoms with van der Waals surface area (Å²) in [5, 5.41) is 0. The predicted octanol–water partition coefficient (Wildman–Crippen LogP) is 2.55. The Morgan fingerprint density at radius 1 is 0.892 bits per heavy atom. The summed E-state index contributed by atoms with van der Waals surface area (Å²) in [7, 11) is -2.47. The van der Waals surface area contributed by atoms with Crippen LogP contribution in [0.2, 0.25) is 0 Å². The second kappa shape index (κ2) is 12.1. The first-order valence-electron chi connectivity index (χ1n) is 11.1. The number of ether oxygens (including phenoxy) is 3. The lowest BCUT2D eigenvalue weighted by Crippen LogP contribution is -2.30. The maximum Gasteiger partial charge on any atom is 0.316 e. The molecule has 13 heteroatoms. The van der Waals surface area contributed by atoms with Crippen molar-refractivity contribution in [2.24, 2.45) is 0 Å². The van der Waals surface area contributed by atoms with Gasteiger partial charge in [-0.05, 0) is 24.6 Å². The molecule has 0 amide bonds. The minimum absolute atomic E-state index is 0.00918. The van der Waals surface area contributed by atoms with E-state index in [9.17, 15) is 8.42 Å². The summed E-state index contributed by atoms with van der Waals surface area (Å²) in [6, 6.07) is 12.9. The van der Waals surface area contributed by atoms with Crippen molar-refractivity contribution < 1.29 is 22.6 Å². The van der Waals surface area contributed by atoms with Gasteiger partial charge in [-0.3, -0.25) is 9.71 Å². The normalized spacial score (nSPS) is 11.1. The molecule has 0 radical (unpaired) electrons. The first-order valence-corrected chi connectivity index (χ1v) is 12.6. The number of benzene rings is 1. The van der Waals surface area contributed by atoms with Gasteiger partial charge < -0.3 is 14.2 Å². The zero-order valence-corrected chi connectivity index (χ0v) is 21.0. The fourth-order valence-corrected chi connectivity index (χ4v) is 3.95. The molecule has 0 atom stereocenters. The molecule has 37 heavy (non-hydrogen) atoms. The van der Waals surface area contributed by atoms with Gasteiger partial charge in [0, 0.05) is 6.20 Å². The average Bonchev–Trinajstić information content (AvgIpc) is 2.91. The summed E-state index contributed by atoms with van der Waals surface area (Å²) in [5.41, 5.74) is 2.66. The Labute approximate surface area is 214 Å². The number of anilines is 1. The van der Waals surface area contributed by atoms with E-state index in [0.717, 1.165) is 5.56 Å². The Hall–Kier alpha value is -4.36. The van der Waals surface area contributed by atoms with Crippen LogP contribution in [0.1, 0.15) is 11.3 Å². The van der Waals surface area contributed by atoms with Crippen LogP contribution in [0.25, 0.3) is 11.1 Å². The second-order valence-electron chi connectivity index (χ2n) is 7.62. The van der Waals surface area contributed by atoms with Crippen molar-refractivity contribution >= 4 is 16.0 Å². The fraction of sp³-hybridized carbons (Fsp3) is 0.208. The Morgan fingerprint density at radius 2 is 1.65 bits per heavy atom. The standard InChI is InChI=1S/C24H25N7O5S/c1-17-6-8-18(9-7-17)21-22(31-37(32,33)30-13-19-5-3-4-10-25-19)28-16-29-23(21)35-11-12-36-24-26-14-20(34-2)15-27-24/h3-10,14-16,30H,11-13H2,1-2H3,(H,28,29,31). The summed E-state index contributed by atoms with van der Waals surface area (Å²) in [6.45, 7) is 2.17. The van der Waals surface area contributed by atoms with Crippen molar-refractivity contribution in [2.75, 3.05) is 25.0 Å². The quantitative estimate of drug-likeness (QED) is 0.265. The molecule has 0 saturated carbocycles. The lowest BCUT2D eigenvalue weighted by molar-refractivity contribution is 0.201. The molecule has 0 aliphatic heterocycles. The molecule has 2 N–H and O–H groups in total. The Kier molecular flexibility index (Phi) is 8.38. The molecule has 0 aliphatic carbocycles. The van der Waals surface area contributed by atoms with Gasteiger partial charge in [-0.25, -0.2) is 9.97 Å². The maximum absolute atomic E-state index is 12.8. The van der Waals surface area contributed by atoms with Gasteiger partial charge in [0.1, 0.15) is 19.5 Å². The summed E-state index contributed by atoms with van der Waals surface area (Å²) in [4.78, 5) is 20.6. The van der Waals surface area contributed by atoms with Gasteiger partial charge in [0.2, 0.25) is 5.88 Å². The molecule has 0 aliphatic rings. The minimum Gasteiger partial charge on any atom is -0.494 e. The minimum atomic E-state index is -3.99. The van der Waals surface area contributed by atoms with Crippen LogP contribution in [-0.4, -0.2) is 53.7 Å². The number of aryl methyl sites for hydroxylation is 1. The van der Waals surface area contributed by atoms with Crippen molar-refractivity contribution in [2.45, 2.75) is 13.5 Å². The number of methoxy groups -OCH3 is 1. The molecule has 0 spiro atoms. The zero-order chi connectivity index (χ0) is 26.1.